The Morgan fingerprint density at radius 3 is 2.45 bits per heavy atom. The van der Waals surface area contributed by atoms with Gasteiger partial charge in [-0.15, -0.1) is 0 Å². The molecule has 2 heterocycles. The molecule has 3 aliphatic rings. The molecular formula is C14H21F3N2O. The van der Waals surface area contributed by atoms with Gasteiger partial charge in [-0.05, 0) is 44.9 Å². The van der Waals surface area contributed by atoms with Crippen molar-refractivity contribution in [1.82, 2.24) is 10.2 Å². The maximum atomic E-state index is 12.8. The predicted octanol–water partition coefficient (Wildman–Crippen LogP) is 2.32. The van der Waals surface area contributed by atoms with E-state index in [2.05, 4.69) is 5.32 Å². The molecule has 0 aromatic rings. The number of nitrogens with one attached hydrogen (secondary N) is 1. The smallest absolute Gasteiger partial charge is 0.330 e. The Hall–Kier alpha value is -0.780. The third-order valence-electron chi connectivity index (χ3n) is 5.05. The van der Waals surface area contributed by atoms with Gasteiger partial charge in [0.25, 0.3) is 0 Å². The first kappa shape index (κ1) is 14.2. The van der Waals surface area contributed by atoms with Gasteiger partial charge >= 0.3 is 6.18 Å². The molecule has 6 heteroatoms. The zero-order chi connectivity index (χ0) is 14.5. The van der Waals surface area contributed by atoms with Crippen molar-refractivity contribution in [1.29, 1.82) is 0 Å². The molecule has 4 unspecified atom stereocenters. The molecule has 2 bridgehead atoms. The van der Waals surface area contributed by atoms with E-state index in [9.17, 15) is 18.0 Å². The number of carbonyl (C=O) groups excluding carboxylic acids is 1. The summed E-state index contributed by atoms with van der Waals surface area (Å²) in [7, 11) is 0. The van der Waals surface area contributed by atoms with Crippen LogP contribution in [0.1, 0.15) is 39.0 Å². The van der Waals surface area contributed by atoms with Crippen molar-refractivity contribution in [3.05, 3.63) is 0 Å². The molecule has 2 saturated heterocycles. The number of halogens is 3. The Bertz CT molecular complexity index is 394. The normalized spacial score (nSPS) is 34.3. The summed E-state index contributed by atoms with van der Waals surface area (Å²) in [5.74, 6) is -0.286. The molecule has 0 radical (unpaired) electrons. The molecular weight excluding hydrogens is 269 g/mol. The van der Waals surface area contributed by atoms with Gasteiger partial charge in [0.1, 0.15) is 6.54 Å². The van der Waals surface area contributed by atoms with Gasteiger partial charge in [-0.25, -0.2) is 0 Å². The largest absolute Gasteiger partial charge is 0.406 e. The van der Waals surface area contributed by atoms with Gasteiger partial charge in [0.2, 0.25) is 5.91 Å². The number of hydrogen-bond donors (Lipinski definition) is 1. The van der Waals surface area contributed by atoms with Gasteiger partial charge < -0.3 is 10.2 Å². The maximum absolute atomic E-state index is 12.8. The highest BCUT2D eigenvalue weighted by Gasteiger charge is 2.48. The molecule has 4 atom stereocenters. The fraction of sp³-hybridized carbons (Fsp3) is 0.929. The van der Waals surface area contributed by atoms with Gasteiger partial charge in [0, 0.05) is 18.1 Å². The lowest BCUT2D eigenvalue weighted by molar-refractivity contribution is -0.169. The fourth-order valence-electron chi connectivity index (χ4n) is 3.76. The highest BCUT2D eigenvalue weighted by atomic mass is 19.4. The molecule has 20 heavy (non-hydrogen) atoms. The van der Waals surface area contributed by atoms with Crippen LogP contribution < -0.4 is 5.32 Å². The second kappa shape index (κ2) is 4.90. The van der Waals surface area contributed by atoms with Crippen molar-refractivity contribution in [3.8, 4) is 0 Å². The molecule has 3 fully saturated rings. The van der Waals surface area contributed by atoms with Crippen molar-refractivity contribution in [2.75, 3.05) is 6.54 Å². The highest BCUT2D eigenvalue weighted by Crippen LogP contribution is 2.39. The van der Waals surface area contributed by atoms with E-state index >= 15 is 0 Å². The molecule has 1 aliphatic carbocycles. The average molecular weight is 290 g/mol. The van der Waals surface area contributed by atoms with Gasteiger partial charge in [-0.2, -0.15) is 13.2 Å². The summed E-state index contributed by atoms with van der Waals surface area (Å²) in [6.07, 6.45) is 0.235. The molecule has 0 spiro atoms. The minimum Gasteiger partial charge on any atom is -0.330 e. The Balaban J connectivity index is 1.72. The van der Waals surface area contributed by atoms with Crippen LogP contribution in [0.25, 0.3) is 0 Å². The standard InChI is InChI=1S/C14H21F3N2O/c1-8(9-2-3-9)19(7-14(15,16)17)13(20)11-6-10-4-5-12(11)18-10/h8-12,18H,2-7H2,1H3. The van der Waals surface area contributed by atoms with Crippen LogP contribution in [0.15, 0.2) is 0 Å². The summed E-state index contributed by atoms with van der Waals surface area (Å²) >= 11 is 0. The van der Waals surface area contributed by atoms with Gasteiger partial charge in [-0.1, -0.05) is 0 Å². The van der Waals surface area contributed by atoms with Crippen LogP contribution in [-0.4, -0.2) is 41.7 Å². The lowest BCUT2D eigenvalue weighted by Crippen LogP contribution is -2.49. The summed E-state index contributed by atoms with van der Waals surface area (Å²) in [6, 6.07) is 0.135. The minimum absolute atomic E-state index is 0.0923. The van der Waals surface area contributed by atoms with E-state index in [1.807, 2.05) is 0 Å². The molecule has 1 amide bonds. The first-order valence-electron chi connectivity index (χ1n) is 7.48. The molecule has 1 saturated carbocycles. The van der Waals surface area contributed by atoms with E-state index in [-0.39, 0.29) is 29.8 Å². The van der Waals surface area contributed by atoms with Crippen molar-refractivity contribution in [2.45, 2.75) is 63.3 Å². The predicted molar refractivity (Wildman–Crippen MR) is 68.0 cm³/mol. The quantitative estimate of drug-likeness (QED) is 0.862. The van der Waals surface area contributed by atoms with E-state index in [1.54, 1.807) is 6.92 Å². The van der Waals surface area contributed by atoms with Crippen LogP contribution in [0.5, 0.6) is 0 Å². The summed E-state index contributed by atoms with van der Waals surface area (Å²) in [5.41, 5.74) is 0. The third-order valence-corrected chi connectivity index (χ3v) is 5.05. The number of alkyl halides is 3. The molecule has 2 aliphatic heterocycles. The maximum Gasteiger partial charge on any atom is 0.406 e. The number of hydrogen-bond acceptors (Lipinski definition) is 2. The first-order chi connectivity index (χ1) is 9.35. The zero-order valence-electron chi connectivity index (χ0n) is 11.6. The summed E-state index contributed by atoms with van der Waals surface area (Å²) in [6.45, 7) is 0.666. The minimum atomic E-state index is -4.32. The van der Waals surface area contributed by atoms with E-state index in [1.165, 1.54) is 0 Å². The second-order valence-electron chi connectivity index (χ2n) is 6.55. The Morgan fingerprint density at radius 2 is 2.00 bits per heavy atom. The number of nitrogens with zero attached hydrogens (tertiary/aromatic N) is 1. The number of rotatable bonds is 4. The third kappa shape index (κ3) is 2.80. The molecule has 114 valence electrons. The van der Waals surface area contributed by atoms with Crippen LogP contribution in [-0.2, 0) is 4.79 Å². The van der Waals surface area contributed by atoms with E-state index in [4.69, 9.17) is 0 Å². The lowest BCUT2D eigenvalue weighted by atomic mass is 9.87. The number of carbonyl (C=O) groups is 1. The monoisotopic (exact) mass is 290 g/mol. The Labute approximate surface area is 116 Å². The van der Waals surface area contributed by atoms with Crippen LogP contribution in [0.3, 0.4) is 0 Å². The van der Waals surface area contributed by atoms with Crippen molar-refractivity contribution >= 4 is 5.91 Å². The van der Waals surface area contributed by atoms with E-state index in [0.717, 1.165) is 30.6 Å². The number of amides is 1. The van der Waals surface area contributed by atoms with Crippen LogP contribution in [0, 0.1) is 11.8 Å². The number of fused-ring (bicyclic) bond motifs is 2. The Morgan fingerprint density at radius 1 is 1.30 bits per heavy atom. The summed E-state index contributed by atoms with van der Waals surface area (Å²) in [5, 5.41) is 3.33. The van der Waals surface area contributed by atoms with Gasteiger partial charge in [-0.3, -0.25) is 4.79 Å². The van der Waals surface area contributed by atoms with Crippen molar-refractivity contribution in [3.63, 3.8) is 0 Å². The van der Waals surface area contributed by atoms with Gasteiger partial charge in [0.15, 0.2) is 0 Å². The van der Waals surface area contributed by atoms with Crippen molar-refractivity contribution in [2.24, 2.45) is 11.8 Å². The lowest BCUT2D eigenvalue weighted by Gasteiger charge is -2.34. The SMILES string of the molecule is CC(C1CC1)N(CC(F)(F)F)C(=O)C1CC2CCC1N2. The average Bonchev–Trinajstić information content (AvgIpc) is 3.01. The van der Waals surface area contributed by atoms with Gasteiger partial charge in [0.05, 0.1) is 5.92 Å². The molecule has 0 aromatic carbocycles. The fourth-order valence-corrected chi connectivity index (χ4v) is 3.76. The summed E-state index contributed by atoms with van der Waals surface area (Å²) < 4.78 is 38.3. The van der Waals surface area contributed by atoms with E-state index in [0.29, 0.717) is 12.5 Å². The summed E-state index contributed by atoms with van der Waals surface area (Å²) in [4.78, 5) is 13.7. The van der Waals surface area contributed by atoms with E-state index < -0.39 is 12.7 Å². The highest BCUT2D eigenvalue weighted by molar-refractivity contribution is 5.80. The van der Waals surface area contributed by atoms with Crippen LogP contribution in [0.4, 0.5) is 13.2 Å². The van der Waals surface area contributed by atoms with Crippen LogP contribution in [0.2, 0.25) is 0 Å². The molecule has 3 nitrogen and oxygen atoms in total. The Kier molecular flexibility index (Phi) is 3.47. The van der Waals surface area contributed by atoms with Crippen molar-refractivity contribution < 1.29 is 18.0 Å². The first-order valence-corrected chi connectivity index (χ1v) is 7.48. The van der Waals surface area contributed by atoms with Crippen LogP contribution >= 0.6 is 0 Å². The zero-order valence-corrected chi connectivity index (χ0v) is 11.6. The topological polar surface area (TPSA) is 32.3 Å². The molecule has 0 aromatic heterocycles. The second-order valence-corrected chi connectivity index (χ2v) is 6.55. The molecule has 1 N–H and O–H groups in total. The molecule has 3 rings (SSSR count).